The molecule has 0 fully saturated rings. The lowest BCUT2D eigenvalue weighted by atomic mass is 10.1. The highest BCUT2D eigenvalue weighted by Crippen LogP contribution is 2.14. The van der Waals surface area contributed by atoms with Crippen molar-refractivity contribution in [1.82, 2.24) is 10.9 Å². The highest BCUT2D eigenvalue weighted by molar-refractivity contribution is 6.33. The van der Waals surface area contributed by atoms with Gasteiger partial charge in [0.2, 0.25) is 5.91 Å². The third kappa shape index (κ3) is 4.56. The minimum absolute atomic E-state index is 0.131. The normalized spacial score (nSPS) is 10.1. The number of halogens is 2. The van der Waals surface area contributed by atoms with Crippen molar-refractivity contribution in [2.24, 2.45) is 0 Å². The van der Waals surface area contributed by atoms with Crippen LogP contribution in [0.3, 0.4) is 0 Å². The Balaban J connectivity index is 1.81. The molecule has 2 N–H and O–H groups in total. The molecule has 6 heteroatoms. The Morgan fingerprint density at radius 1 is 1.05 bits per heavy atom. The first-order chi connectivity index (χ1) is 10.6. The van der Waals surface area contributed by atoms with Crippen molar-refractivity contribution in [3.8, 4) is 0 Å². The maximum atomic E-state index is 13.0. The second-order valence-corrected chi connectivity index (χ2v) is 5.02. The third-order valence-electron chi connectivity index (χ3n) is 2.96. The van der Waals surface area contributed by atoms with Gasteiger partial charge in [0.25, 0.3) is 5.91 Å². The van der Waals surface area contributed by atoms with Gasteiger partial charge in [0, 0.05) is 6.42 Å². The summed E-state index contributed by atoms with van der Waals surface area (Å²) in [4.78, 5) is 23.5. The van der Waals surface area contributed by atoms with E-state index in [1.807, 2.05) is 0 Å². The highest BCUT2D eigenvalue weighted by atomic mass is 35.5. The topological polar surface area (TPSA) is 58.2 Å². The van der Waals surface area contributed by atoms with Gasteiger partial charge >= 0.3 is 0 Å². The SMILES string of the molecule is O=C(CCc1cccc(F)c1)NNC(=O)c1ccccc1Cl. The maximum Gasteiger partial charge on any atom is 0.271 e. The first-order valence-electron chi connectivity index (χ1n) is 6.64. The molecule has 0 heterocycles. The Hall–Kier alpha value is -2.40. The van der Waals surface area contributed by atoms with E-state index >= 15 is 0 Å². The van der Waals surface area contributed by atoms with E-state index < -0.39 is 5.91 Å². The molecular weight excluding hydrogens is 307 g/mol. The van der Waals surface area contributed by atoms with Crippen molar-refractivity contribution >= 4 is 23.4 Å². The molecule has 2 amide bonds. The Morgan fingerprint density at radius 3 is 2.55 bits per heavy atom. The Labute approximate surface area is 132 Å². The number of carbonyl (C=O) groups excluding carboxylic acids is 2. The van der Waals surface area contributed by atoms with Gasteiger partial charge in [-0.1, -0.05) is 35.9 Å². The van der Waals surface area contributed by atoms with Crippen LogP contribution in [0.2, 0.25) is 5.02 Å². The fourth-order valence-electron chi connectivity index (χ4n) is 1.85. The van der Waals surface area contributed by atoms with Gasteiger partial charge in [0.15, 0.2) is 0 Å². The van der Waals surface area contributed by atoms with Crippen LogP contribution in [0.15, 0.2) is 48.5 Å². The van der Waals surface area contributed by atoms with Gasteiger partial charge in [0.1, 0.15) is 5.82 Å². The molecule has 2 aromatic carbocycles. The zero-order valence-electron chi connectivity index (χ0n) is 11.6. The van der Waals surface area contributed by atoms with Gasteiger partial charge in [-0.05, 0) is 36.2 Å². The zero-order valence-corrected chi connectivity index (χ0v) is 12.4. The summed E-state index contributed by atoms with van der Waals surface area (Å²) in [6, 6.07) is 12.5. The number of hydrogen-bond acceptors (Lipinski definition) is 2. The Kier molecular flexibility index (Phi) is 5.49. The summed E-state index contributed by atoms with van der Waals surface area (Å²) in [6.45, 7) is 0. The van der Waals surface area contributed by atoms with Gasteiger partial charge in [-0.15, -0.1) is 0 Å². The molecule has 0 radical (unpaired) electrons. The Morgan fingerprint density at radius 2 is 1.82 bits per heavy atom. The second kappa shape index (κ2) is 7.56. The van der Waals surface area contributed by atoms with Crippen LogP contribution in [0, 0.1) is 5.82 Å². The number of rotatable bonds is 4. The van der Waals surface area contributed by atoms with Crippen LogP contribution in [0.5, 0.6) is 0 Å². The molecule has 2 rings (SSSR count). The van der Waals surface area contributed by atoms with Crippen LogP contribution in [0.25, 0.3) is 0 Å². The lowest BCUT2D eigenvalue weighted by Gasteiger charge is -2.08. The summed E-state index contributed by atoms with van der Waals surface area (Å²) >= 11 is 5.88. The summed E-state index contributed by atoms with van der Waals surface area (Å²) in [6.07, 6.45) is 0.512. The molecule has 22 heavy (non-hydrogen) atoms. The number of hydrazine groups is 1. The lowest BCUT2D eigenvalue weighted by Crippen LogP contribution is -2.41. The predicted octanol–water partition coefficient (Wildman–Crippen LogP) is 2.87. The number of carbonyl (C=O) groups is 2. The van der Waals surface area contributed by atoms with Crippen LogP contribution < -0.4 is 10.9 Å². The molecule has 0 atom stereocenters. The summed E-state index contributed by atoms with van der Waals surface area (Å²) in [5, 5.41) is 0.300. The molecule has 0 unspecified atom stereocenters. The van der Waals surface area contributed by atoms with Crippen LogP contribution in [-0.2, 0) is 11.2 Å². The lowest BCUT2D eigenvalue weighted by molar-refractivity contribution is -0.121. The molecule has 4 nitrogen and oxygen atoms in total. The van der Waals surface area contributed by atoms with Crippen molar-refractivity contribution in [2.75, 3.05) is 0 Å². The van der Waals surface area contributed by atoms with E-state index in [-0.39, 0.29) is 23.7 Å². The number of amides is 2. The number of nitrogens with one attached hydrogen (secondary N) is 2. The molecule has 0 aromatic heterocycles. The summed E-state index contributed by atoms with van der Waals surface area (Å²) < 4.78 is 13.0. The van der Waals surface area contributed by atoms with Crippen LogP contribution in [-0.4, -0.2) is 11.8 Å². The van der Waals surface area contributed by atoms with E-state index in [4.69, 9.17) is 11.6 Å². The molecule has 114 valence electrons. The average Bonchev–Trinajstić information content (AvgIpc) is 2.51. The van der Waals surface area contributed by atoms with E-state index in [0.717, 1.165) is 0 Å². The van der Waals surface area contributed by atoms with Gasteiger partial charge in [-0.25, -0.2) is 4.39 Å². The molecule has 0 saturated carbocycles. The third-order valence-corrected chi connectivity index (χ3v) is 3.29. The second-order valence-electron chi connectivity index (χ2n) is 4.61. The fourth-order valence-corrected chi connectivity index (χ4v) is 2.07. The van der Waals surface area contributed by atoms with Gasteiger partial charge < -0.3 is 0 Å². The first-order valence-corrected chi connectivity index (χ1v) is 7.02. The number of aryl methyl sites for hydroxylation is 1. The van der Waals surface area contributed by atoms with E-state index in [1.54, 1.807) is 36.4 Å². The Bertz CT molecular complexity index is 691. The zero-order chi connectivity index (χ0) is 15.9. The highest BCUT2D eigenvalue weighted by Gasteiger charge is 2.10. The average molecular weight is 321 g/mol. The molecule has 0 saturated heterocycles. The maximum absolute atomic E-state index is 13.0. The summed E-state index contributed by atoms with van der Waals surface area (Å²) in [7, 11) is 0. The quantitative estimate of drug-likeness (QED) is 0.851. The minimum atomic E-state index is -0.496. The van der Waals surface area contributed by atoms with Gasteiger partial charge in [-0.3, -0.25) is 20.4 Å². The van der Waals surface area contributed by atoms with Gasteiger partial charge in [0.05, 0.1) is 10.6 Å². The summed E-state index contributed by atoms with van der Waals surface area (Å²) in [5.74, 6) is -1.21. The molecule has 2 aromatic rings. The van der Waals surface area contributed by atoms with E-state index in [9.17, 15) is 14.0 Å². The molecule has 0 spiro atoms. The van der Waals surface area contributed by atoms with Gasteiger partial charge in [-0.2, -0.15) is 0 Å². The van der Waals surface area contributed by atoms with Crippen molar-refractivity contribution in [1.29, 1.82) is 0 Å². The smallest absolute Gasteiger partial charge is 0.271 e. The van der Waals surface area contributed by atoms with E-state index in [1.165, 1.54) is 12.1 Å². The predicted molar refractivity (Wildman–Crippen MR) is 81.8 cm³/mol. The number of hydrogen-bond donors (Lipinski definition) is 2. The fraction of sp³-hybridized carbons (Fsp3) is 0.125. The van der Waals surface area contributed by atoms with Crippen molar-refractivity contribution < 1.29 is 14.0 Å². The van der Waals surface area contributed by atoms with Crippen LogP contribution in [0.1, 0.15) is 22.3 Å². The van der Waals surface area contributed by atoms with Crippen molar-refractivity contribution in [3.63, 3.8) is 0 Å². The van der Waals surface area contributed by atoms with Crippen LogP contribution in [0.4, 0.5) is 4.39 Å². The largest absolute Gasteiger partial charge is 0.273 e. The molecule has 0 bridgehead atoms. The number of benzene rings is 2. The van der Waals surface area contributed by atoms with E-state index in [0.29, 0.717) is 17.0 Å². The van der Waals surface area contributed by atoms with E-state index in [2.05, 4.69) is 10.9 Å². The first kappa shape index (κ1) is 16.0. The molecular formula is C16H14ClFN2O2. The monoisotopic (exact) mass is 320 g/mol. The van der Waals surface area contributed by atoms with Crippen LogP contribution >= 0.6 is 11.6 Å². The molecule has 0 aliphatic carbocycles. The van der Waals surface area contributed by atoms with Crippen molar-refractivity contribution in [2.45, 2.75) is 12.8 Å². The molecule has 0 aliphatic rings. The standard InChI is InChI=1S/C16H14ClFN2O2/c17-14-7-2-1-6-13(14)16(22)20-19-15(21)9-8-11-4-3-5-12(18)10-11/h1-7,10H,8-9H2,(H,19,21)(H,20,22). The summed E-state index contributed by atoms with van der Waals surface area (Å²) in [5.41, 5.74) is 5.58. The molecule has 0 aliphatic heterocycles. The van der Waals surface area contributed by atoms with Crippen molar-refractivity contribution in [3.05, 3.63) is 70.5 Å². The minimum Gasteiger partial charge on any atom is -0.273 e.